The molecule has 1 aromatic rings. The van der Waals surface area contributed by atoms with E-state index in [-0.39, 0.29) is 18.5 Å². The predicted molar refractivity (Wildman–Crippen MR) is 96.2 cm³/mol. The highest BCUT2D eigenvalue weighted by Gasteiger charge is 2.29. The minimum absolute atomic E-state index is 0.0742. The number of halogens is 3. The van der Waals surface area contributed by atoms with Crippen LogP contribution in [0.5, 0.6) is 5.88 Å². The van der Waals surface area contributed by atoms with Crippen molar-refractivity contribution in [1.29, 1.82) is 0 Å². The van der Waals surface area contributed by atoms with Crippen LogP contribution in [-0.4, -0.2) is 79.5 Å². The molecule has 1 aliphatic heterocycles. The van der Waals surface area contributed by atoms with Gasteiger partial charge in [0.05, 0.1) is 6.61 Å². The van der Waals surface area contributed by atoms with Crippen molar-refractivity contribution in [2.45, 2.75) is 19.6 Å². The summed E-state index contributed by atoms with van der Waals surface area (Å²) < 4.78 is 46.9. The molecule has 0 spiro atoms. The first kappa shape index (κ1) is 21.6. The van der Waals surface area contributed by atoms with Crippen molar-refractivity contribution in [2.75, 3.05) is 46.4 Å². The lowest BCUT2D eigenvalue weighted by atomic mass is 10.2. The smallest absolute Gasteiger partial charge is 0.422 e. The average Bonchev–Trinajstić information content (AvgIpc) is 2.67. The summed E-state index contributed by atoms with van der Waals surface area (Å²) in [4.78, 5) is 23.4. The Labute approximate surface area is 161 Å². The van der Waals surface area contributed by atoms with Crippen LogP contribution < -0.4 is 10.1 Å². The molecule has 1 fully saturated rings. The molecule has 0 bridgehead atoms. The van der Waals surface area contributed by atoms with Gasteiger partial charge in [-0.25, -0.2) is 9.78 Å². The van der Waals surface area contributed by atoms with Crippen molar-refractivity contribution in [3.8, 4) is 5.88 Å². The maximum absolute atomic E-state index is 12.4. The lowest BCUT2D eigenvalue weighted by Gasteiger charge is -2.35. The van der Waals surface area contributed by atoms with E-state index in [0.29, 0.717) is 44.3 Å². The van der Waals surface area contributed by atoms with Crippen LogP contribution in [0.3, 0.4) is 0 Å². The summed E-state index contributed by atoms with van der Waals surface area (Å²) in [6.45, 7) is 2.98. The molecule has 156 valence electrons. The topological polar surface area (TPSA) is 79.3 Å². The molecule has 1 aromatic heterocycles. The molecule has 0 aromatic carbocycles. The summed E-state index contributed by atoms with van der Waals surface area (Å²) in [5.74, 6) is 0.504. The second-order valence-corrected chi connectivity index (χ2v) is 5.95. The number of nitrogens with one attached hydrogen (secondary N) is 1. The van der Waals surface area contributed by atoms with Crippen LogP contribution in [0.4, 0.5) is 18.0 Å². The number of ether oxygens (including phenoxy) is 2. The number of piperazine rings is 1. The second kappa shape index (κ2) is 10.00. The van der Waals surface area contributed by atoms with Gasteiger partial charge in [0, 0.05) is 51.5 Å². The van der Waals surface area contributed by atoms with Crippen LogP contribution in [0, 0.1) is 0 Å². The highest BCUT2D eigenvalue weighted by molar-refractivity contribution is 5.80. The third-order valence-electron chi connectivity index (χ3n) is 3.98. The third-order valence-corrected chi connectivity index (χ3v) is 3.98. The zero-order valence-electron chi connectivity index (χ0n) is 15.8. The zero-order valence-corrected chi connectivity index (χ0v) is 15.8. The van der Waals surface area contributed by atoms with Crippen LogP contribution in [-0.2, 0) is 11.3 Å². The Bertz CT molecular complexity index is 676. The number of rotatable bonds is 5. The first-order valence-electron chi connectivity index (χ1n) is 8.84. The first-order chi connectivity index (χ1) is 13.3. The van der Waals surface area contributed by atoms with Gasteiger partial charge in [-0.15, -0.1) is 0 Å². The normalized spacial score (nSPS) is 15.4. The average molecular weight is 403 g/mol. The van der Waals surface area contributed by atoms with Crippen molar-refractivity contribution >= 4 is 12.1 Å². The number of hydrogen-bond acceptors (Lipinski definition) is 5. The standard InChI is InChI=1S/C17H24F3N5O3/c1-3-27-16(26)25-9-7-24(8-10-25)15(21-2)23-11-13-5-4-6-22-14(13)28-12-17(18,19)20/h4-6H,3,7-12H2,1-2H3,(H,21,23). The van der Waals surface area contributed by atoms with Gasteiger partial charge in [-0.05, 0) is 13.0 Å². The molecule has 1 amide bonds. The van der Waals surface area contributed by atoms with E-state index < -0.39 is 12.8 Å². The van der Waals surface area contributed by atoms with Crippen molar-refractivity contribution in [3.63, 3.8) is 0 Å². The first-order valence-corrected chi connectivity index (χ1v) is 8.84. The molecule has 2 heterocycles. The molecule has 28 heavy (non-hydrogen) atoms. The highest BCUT2D eigenvalue weighted by atomic mass is 19.4. The van der Waals surface area contributed by atoms with E-state index in [4.69, 9.17) is 9.47 Å². The summed E-state index contributed by atoms with van der Waals surface area (Å²) in [5, 5.41) is 3.10. The maximum atomic E-state index is 12.4. The van der Waals surface area contributed by atoms with Crippen LogP contribution in [0.25, 0.3) is 0 Å². The lowest BCUT2D eigenvalue weighted by molar-refractivity contribution is -0.154. The number of amides is 1. The van der Waals surface area contributed by atoms with E-state index >= 15 is 0 Å². The molecule has 0 atom stereocenters. The number of aliphatic imine (C=N–C) groups is 1. The van der Waals surface area contributed by atoms with E-state index in [9.17, 15) is 18.0 Å². The molecule has 1 aliphatic rings. The molecule has 0 aliphatic carbocycles. The van der Waals surface area contributed by atoms with E-state index in [1.807, 2.05) is 4.90 Å². The highest BCUT2D eigenvalue weighted by Crippen LogP contribution is 2.20. The van der Waals surface area contributed by atoms with Gasteiger partial charge in [-0.2, -0.15) is 13.2 Å². The van der Waals surface area contributed by atoms with Crippen LogP contribution in [0.2, 0.25) is 0 Å². The van der Waals surface area contributed by atoms with Crippen molar-refractivity contribution in [2.24, 2.45) is 4.99 Å². The molecule has 0 radical (unpaired) electrons. The summed E-state index contributed by atoms with van der Waals surface area (Å²) in [6, 6.07) is 3.26. The number of aromatic nitrogens is 1. The van der Waals surface area contributed by atoms with Crippen LogP contribution >= 0.6 is 0 Å². The van der Waals surface area contributed by atoms with Crippen molar-refractivity contribution in [1.82, 2.24) is 20.1 Å². The SMILES string of the molecule is CCOC(=O)N1CCN(C(=NC)NCc2cccnc2OCC(F)(F)F)CC1. The van der Waals surface area contributed by atoms with E-state index in [1.54, 1.807) is 31.0 Å². The van der Waals surface area contributed by atoms with Crippen molar-refractivity contribution < 1.29 is 27.4 Å². The molecule has 2 rings (SSSR count). The Kier molecular flexibility index (Phi) is 7.70. The number of carbonyl (C=O) groups excluding carboxylic acids is 1. The van der Waals surface area contributed by atoms with Gasteiger partial charge >= 0.3 is 12.3 Å². The Balaban J connectivity index is 1.91. The summed E-state index contributed by atoms with van der Waals surface area (Å²) in [7, 11) is 1.62. The fraction of sp³-hybridized carbons (Fsp3) is 0.588. The fourth-order valence-electron chi connectivity index (χ4n) is 2.66. The molecule has 0 saturated carbocycles. The third kappa shape index (κ3) is 6.46. The molecule has 0 unspecified atom stereocenters. The molecular weight excluding hydrogens is 379 g/mol. The van der Waals surface area contributed by atoms with Gasteiger partial charge in [-0.1, -0.05) is 6.07 Å². The minimum Gasteiger partial charge on any atom is -0.468 e. The quantitative estimate of drug-likeness (QED) is 0.597. The minimum atomic E-state index is -4.43. The number of carbonyl (C=O) groups is 1. The van der Waals surface area contributed by atoms with Crippen LogP contribution in [0.15, 0.2) is 23.3 Å². The second-order valence-electron chi connectivity index (χ2n) is 5.95. The lowest BCUT2D eigenvalue weighted by Crippen LogP contribution is -2.53. The van der Waals surface area contributed by atoms with Gasteiger partial charge in [0.1, 0.15) is 0 Å². The summed E-state index contributed by atoms with van der Waals surface area (Å²) in [6.07, 6.45) is -3.40. The fourth-order valence-corrected chi connectivity index (χ4v) is 2.66. The van der Waals surface area contributed by atoms with E-state index in [2.05, 4.69) is 15.3 Å². The van der Waals surface area contributed by atoms with Gasteiger partial charge < -0.3 is 24.6 Å². The number of guanidine groups is 1. The van der Waals surface area contributed by atoms with Gasteiger partial charge in [0.25, 0.3) is 0 Å². The van der Waals surface area contributed by atoms with Gasteiger partial charge in [-0.3, -0.25) is 4.99 Å². The van der Waals surface area contributed by atoms with Gasteiger partial charge in [0.2, 0.25) is 5.88 Å². The summed E-state index contributed by atoms with van der Waals surface area (Å²) in [5.41, 5.74) is 0.484. The van der Waals surface area contributed by atoms with Crippen LogP contribution in [0.1, 0.15) is 12.5 Å². The predicted octanol–water partition coefficient (Wildman–Crippen LogP) is 1.87. The number of alkyl halides is 3. The Morgan fingerprint density at radius 3 is 2.57 bits per heavy atom. The number of hydrogen-bond donors (Lipinski definition) is 1. The summed E-state index contributed by atoms with van der Waals surface area (Å²) >= 11 is 0. The van der Waals surface area contributed by atoms with E-state index in [1.165, 1.54) is 6.20 Å². The monoisotopic (exact) mass is 403 g/mol. The molecule has 11 heteroatoms. The number of pyridine rings is 1. The molecule has 8 nitrogen and oxygen atoms in total. The molecular formula is C17H24F3N5O3. The Morgan fingerprint density at radius 1 is 1.29 bits per heavy atom. The maximum Gasteiger partial charge on any atom is 0.422 e. The Morgan fingerprint density at radius 2 is 1.96 bits per heavy atom. The molecule has 1 N–H and O–H groups in total. The number of nitrogens with zero attached hydrogens (tertiary/aromatic N) is 4. The largest absolute Gasteiger partial charge is 0.468 e. The van der Waals surface area contributed by atoms with Crippen molar-refractivity contribution in [3.05, 3.63) is 23.9 Å². The Hall–Kier alpha value is -2.72. The van der Waals surface area contributed by atoms with E-state index in [0.717, 1.165) is 0 Å². The van der Waals surface area contributed by atoms with Gasteiger partial charge in [0.15, 0.2) is 12.6 Å². The molecule has 1 saturated heterocycles. The zero-order chi connectivity index (χ0) is 20.6.